The molecule has 0 aromatic carbocycles. The van der Waals surface area contributed by atoms with E-state index in [9.17, 15) is 26.3 Å². The lowest BCUT2D eigenvalue weighted by atomic mass is 10.1. The van der Waals surface area contributed by atoms with Crippen LogP contribution in [0.25, 0.3) is 0 Å². The van der Waals surface area contributed by atoms with Crippen molar-refractivity contribution in [1.29, 1.82) is 0 Å². The van der Waals surface area contributed by atoms with Crippen molar-refractivity contribution < 1.29 is 26.3 Å². The van der Waals surface area contributed by atoms with E-state index in [4.69, 9.17) is 0 Å². The fraction of sp³-hybridized carbons (Fsp3) is 0.333. The third-order valence-electron chi connectivity index (χ3n) is 2.37. The van der Waals surface area contributed by atoms with E-state index < -0.39 is 23.9 Å². The second-order valence-electron chi connectivity index (χ2n) is 3.63. The lowest BCUT2D eigenvalue weighted by molar-refractivity contribution is -0.303. The van der Waals surface area contributed by atoms with E-state index in [-0.39, 0.29) is 5.69 Å². The zero-order chi connectivity index (χ0) is 14.3. The number of pyridine rings is 1. The first-order valence-electron chi connectivity index (χ1n) is 4.85. The van der Waals surface area contributed by atoms with Gasteiger partial charge in [0.25, 0.3) is 0 Å². The fourth-order valence-electron chi connectivity index (χ4n) is 1.43. The van der Waals surface area contributed by atoms with Crippen molar-refractivity contribution in [1.82, 2.24) is 15.8 Å². The maximum absolute atomic E-state index is 12.7. The van der Waals surface area contributed by atoms with Gasteiger partial charge in [0.2, 0.25) is 0 Å². The molecule has 0 fully saturated rings. The van der Waals surface area contributed by atoms with Gasteiger partial charge in [-0.3, -0.25) is 4.98 Å². The van der Waals surface area contributed by atoms with E-state index in [2.05, 4.69) is 9.98 Å². The molecule has 0 saturated carbocycles. The number of amidine groups is 1. The quantitative estimate of drug-likeness (QED) is 0.773. The molecule has 1 aliphatic rings. The molecule has 19 heavy (non-hydrogen) atoms. The average molecular weight is 284 g/mol. The molecule has 10 heteroatoms. The Bertz CT molecular complexity index is 478. The van der Waals surface area contributed by atoms with Crippen LogP contribution in [0.15, 0.2) is 29.4 Å². The average Bonchev–Trinajstić information content (AvgIpc) is 2.75. The number of hydrogen-bond donors (Lipinski definition) is 2. The van der Waals surface area contributed by atoms with Crippen molar-refractivity contribution in [3.05, 3.63) is 30.1 Å². The van der Waals surface area contributed by atoms with Crippen LogP contribution in [-0.4, -0.2) is 28.8 Å². The van der Waals surface area contributed by atoms with Crippen LogP contribution in [0, 0.1) is 0 Å². The predicted molar refractivity (Wildman–Crippen MR) is 51.9 cm³/mol. The van der Waals surface area contributed by atoms with Crippen molar-refractivity contribution in [3.63, 3.8) is 0 Å². The topological polar surface area (TPSA) is 49.3 Å². The molecule has 0 radical (unpaired) electrons. The summed E-state index contributed by atoms with van der Waals surface area (Å²) in [6, 6.07) is 4.11. The summed E-state index contributed by atoms with van der Waals surface area (Å²) in [6.45, 7) is 0. The lowest BCUT2D eigenvalue weighted by Gasteiger charge is -2.29. The Hall–Kier alpha value is -1.84. The summed E-state index contributed by atoms with van der Waals surface area (Å²) < 4.78 is 75.9. The summed E-state index contributed by atoms with van der Waals surface area (Å²) in [6.07, 6.45) is -10.1. The van der Waals surface area contributed by atoms with Crippen LogP contribution in [0.4, 0.5) is 26.3 Å². The number of nitrogens with one attached hydrogen (secondary N) is 2. The minimum absolute atomic E-state index is 0.134. The number of aromatic nitrogens is 1. The van der Waals surface area contributed by atoms with Gasteiger partial charge in [-0.25, -0.2) is 4.99 Å². The Morgan fingerprint density at radius 2 is 1.63 bits per heavy atom. The Balaban J connectivity index is 2.48. The van der Waals surface area contributed by atoms with E-state index in [0.717, 1.165) is 5.43 Å². The van der Waals surface area contributed by atoms with Crippen molar-refractivity contribution in [3.8, 4) is 0 Å². The van der Waals surface area contributed by atoms with E-state index >= 15 is 0 Å². The van der Waals surface area contributed by atoms with E-state index in [1.54, 1.807) is 5.43 Å². The number of nitrogens with zero attached hydrogens (tertiary/aromatic N) is 2. The second-order valence-corrected chi connectivity index (χ2v) is 3.63. The fourth-order valence-corrected chi connectivity index (χ4v) is 1.43. The van der Waals surface area contributed by atoms with Crippen LogP contribution in [0.2, 0.25) is 0 Å². The molecule has 0 amide bonds. The molecule has 4 nitrogen and oxygen atoms in total. The van der Waals surface area contributed by atoms with Crippen molar-refractivity contribution >= 4 is 5.84 Å². The SMILES string of the molecule is FC(F)(F)C1(C(F)(F)F)N=C(c2ccccn2)NN1. The molecule has 2 rings (SSSR count). The van der Waals surface area contributed by atoms with Gasteiger partial charge in [0, 0.05) is 6.20 Å². The summed E-state index contributed by atoms with van der Waals surface area (Å²) in [5.74, 6) is -0.629. The Morgan fingerprint density at radius 3 is 2.05 bits per heavy atom. The molecule has 1 aliphatic heterocycles. The maximum atomic E-state index is 12.7. The number of hydrogen-bond acceptors (Lipinski definition) is 4. The highest BCUT2D eigenvalue weighted by molar-refractivity contribution is 5.98. The number of hydrazine groups is 1. The minimum atomic E-state index is -5.64. The van der Waals surface area contributed by atoms with Gasteiger partial charge in [-0.15, -0.1) is 0 Å². The van der Waals surface area contributed by atoms with Gasteiger partial charge >= 0.3 is 18.0 Å². The highest BCUT2D eigenvalue weighted by atomic mass is 19.4. The summed E-state index contributed by atoms with van der Waals surface area (Å²) >= 11 is 0. The summed E-state index contributed by atoms with van der Waals surface area (Å²) in [7, 11) is 0. The molecular weight excluding hydrogens is 278 g/mol. The zero-order valence-corrected chi connectivity index (χ0v) is 8.97. The predicted octanol–water partition coefficient (Wildman–Crippen LogP) is 1.76. The smallest absolute Gasteiger partial charge is 0.301 e. The first-order chi connectivity index (χ1) is 8.67. The standard InChI is InChI=1S/C9H6F6N4/c10-8(11,12)7(9(13,14)15)17-6(18-19-7)5-3-1-2-4-16-5/h1-4,19H,(H,17,18). The van der Waals surface area contributed by atoms with Crippen LogP contribution in [0.1, 0.15) is 5.69 Å². The highest BCUT2D eigenvalue weighted by Gasteiger charge is 2.73. The number of alkyl halides is 6. The van der Waals surface area contributed by atoms with Crippen LogP contribution in [0.3, 0.4) is 0 Å². The Morgan fingerprint density at radius 1 is 1.00 bits per heavy atom. The lowest BCUT2D eigenvalue weighted by Crippen LogP contribution is -2.64. The highest BCUT2D eigenvalue weighted by Crippen LogP contribution is 2.45. The van der Waals surface area contributed by atoms with Gasteiger partial charge in [-0.1, -0.05) is 6.07 Å². The third-order valence-corrected chi connectivity index (χ3v) is 2.37. The van der Waals surface area contributed by atoms with Crippen LogP contribution >= 0.6 is 0 Å². The molecule has 1 aromatic heterocycles. The number of halogens is 6. The molecule has 2 heterocycles. The van der Waals surface area contributed by atoms with Crippen molar-refractivity contribution in [2.24, 2.45) is 4.99 Å². The molecular formula is C9H6F6N4. The minimum Gasteiger partial charge on any atom is -0.301 e. The molecule has 0 saturated heterocycles. The normalized spacial score (nSPS) is 18.9. The molecule has 0 unspecified atom stereocenters. The first-order valence-corrected chi connectivity index (χ1v) is 4.85. The van der Waals surface area contributed by atoms with Gasteiger partial charge < -0.3 is 5.43 Å². The second kappa shape index (κ2) is 4.08. The summed E-state index contributed by atoms with van der Waals surface area (Å²) in [5, 5.41) is 0. The zero-order valence-electron chi connectivity index (χ0n) is 8.97. The largest absolute Gasteiger partial charge is 0.437 e. The molecule has 104 valence electrons. The van der Waals surface area contributed by atoms with E-state index in [0.29, 0.717) is 0 Å². The first kappa shape index (κ1) is 13.6. The van der Waals surface area contributed by atoms with E-state index in [1.807, 2.05) is 0 Å². The number of aliphatic imine (C=N–C) groups is 1. The van der Waals surface area contributed by atoms with Gasteiger partial charge in [0.05, 0.1) is 0 Å². The van der Waals surface area contributed by atoms with Crippen molar-refractivity contribution in [2.45, 2.75) is 18.0 Å². The molecule has 0 spiro atoms. The third kappa shape index (κ3) is 2.11. The monoisotopic (exact) mass is 284 g/mol. The molecule has 0 atom stereocenters. The molecule has 2 N–H and O–H groups in total. The molecule has 0 aliphatic carbocycles. The van der Waals surface area contributed by atoms with Crippen molar-refractivity contribution in [2.75, 3.05) is 0 Å². The van der Waals surface area contributed by atoms with Gasteiger partial charge in [0.1, 0.15) is 5.69 Å². The van der Waals surface area contributed by atoms with Gasteiger partial charge in [0.15, 0.2) is 5.84 Å². The Labute approximate surface area is 102 Å². The maximum Gasteiger partial charge on any atom is 0.437 e. The summed E-state index contributed by atoms with van der Waals surface area (Å²) in [4.78, 5) is 6.34. The van der Waals surface area contributed by atoms with E-state index in [1.165, 1.54) is 24.4 Å². The van der Waals surface area contributed by atoms with Crippen LogP contribution in [-0.2, 0) is 0 Å². The van der Waals surface area contributed by atoms with Crippen LogP contribution < -0.4 is 10.9 Å². The Kier molecular flexibility index (Phi) is 2.92. The summed E-state index contributed by atoms with van der Waals surface area (Å²) in [5.41, 5.74) is -1.57. The molecule has 0 bridgehead atoms. The van der Waals surface area contributed by atoms with Gasteiger partial charge in [-0.05, 0) is 12.1 Å². The molecule has 1 aromatic rings. The van der Waals surface area contributed by atoms with Crippen LogP contribution in [0.5, 0.6) is 0 Å². The van der Waals surface area contributed by atoms with Gasteiger partial charge in [-0.2, -0.15) is 31.8 Å². The number of rotatable bonds is 1.